The summed E-state index contributed by atoms with van der Waals surface area (Å²) in [4.78, 5) is 19.3. The molecule has 140 valence electrons. The molecule has 5 nitrogen and oxygen atoms in total. The van der Waals surface area contributed by atoms with Gasteiger partial charge in [0.2, 0.25) is 0 Å². The molecule has 7 heteroatoms. The number of pyridine rings is 1. The Hall–Kier alpha value is -2.02. The van der Waals surface area contributed by atoms with Gasteiger partial charge in [-0.3, -0.25) is 0 Å². The standard InChI is InChI=1S/C19H23F2N3O2/c1-23-12-4-2-5-13(23)9-14(8-12)26-19(25)16-10-24(11-17(20)21)18-15(16)6-3-7-22-18/h3,6-7,10,12-14,17H,2,4-5,8-9,11H2,1H3/t12-,13+,14-. The molecule has 2 bridgehead atoms. The van der Waals surface area contributed by atoms with Gasteiger partial charge in [0.05, 0.1) is 12.1 Å². The molecule has 0 radical (unpaired) electrons. The quantitative estimate of drug-likeness (QED) is 0.781. The fraction of sp³-hybridized carbons (Fsp3) is 0.579. The molecule has 0 aliphatic carbocycles. The lowest BCUT2D eigenvalue weighted by atomic mass is 9.83. The molecule has 2 aromatic rings. The van der Waals surface area contributed by atoms with Crippen LogP contribution in [0.2, 0.25) is 0 Å². The summed E-state index contributed by atoms with van der Waals surface area (Å²) in [6.07, 6.45) is 5.55. The third-order valence-electron chi connectivity index (χ3n) is 5.76. The Morgan fingerprint density at radius 2 is 2.08 bits per heavy atom. The van der Waals surface area contributed by atoms with Crippen LogP contribution in [-0.4, -0.2) is 52.1 Å². The summed E-state index contributed by atoms with van der Waals surface area (Å²) in [5, 5.41) is 0.561. The van der Waals surface area contributed by atoms with Crippen molar-refractivity contribution in [2.75, 3.05) is 7.05 Å². The molecule has 2 saturated heterocycles. The van der Waals surface area contributed by atoms with E-state index < -0.39 is 18.9 Å². The van der Waals surface area contributed by atoms with Crippen molar-refractivity contribution in [1.82, 2.24) is 14.5 Å². The van der Waals surface area contributed by atoms with Crippen LogP contribution in [0.5, 0.6) is 0 Å². The van der Waals surface area contributed by atoms with E-state index in [4.69, 9.17) is 4.74 Å². The SMILES string of the molecule is CN1[C@@H]2CCC[C@H]1C[C@H](OC(=O)c1cn(CC(F)F)c3ncccc13)C2. The molecule has 2 fully saturated rings. The number of alkyl halides is 2. The third-order valence-corrected chi connectivity index (χ3v) is 5.76. The third kappa shape index (κ3) is 3.20. The Bertz CT molecular complexity index is 793. The number of hydrogen-bond acceptors (Lipinski definition) is 4. The highest BCUT2D eigenvalue weighted by atomic mass is 19.3. The van der Waals surface area contributed by atoms with Gasteiger partial charge in [0.25, 0.3) is 6.43 Å². The number of nitrogens with zero attached hydrogens (tertiary/aromatic N) is 3. The lowest BCUT2D eigenvalue weighted by molar-refractivity contribution is -0.0318. The van der Waals surface area contributed by atoms with E-state index in [1.165, 1.54) is 23.4 Å². The molecule has 0 spiro atoms. The first-order valence-electron chi connectivity index (χ1n) is 9.18. The van der Waals surface area contributed by atoms with Crippen LogP contribution in [0.15, 0.2) is 24.5 Å². The van der Waals surface area contributed by atoms with Gasteiger partial charge in [-0.05, 0) is 32.0 Å². The molecule has 0 amide bonds. The smallest absolute Gasteiger partial charge is 0.340 e. The molecule has 2 aliphatic rings. The average Bonchev–Trinajstić information content (AvgIpc) is 2.94. The van der Waals surface area contributed by atoms with Crippen LogP contribution in [0.25, 0.3) is 11.0 Å². The van der Waals surface area contributed by atoms with Gasteiger partial charge in [0.1, 0.15) is 11.8 Å². The molecule has 3 atom stereocenters. The molecule has 0 N–H and O–H groups in total. The van der Waals surface area contributed by atoms with Crippen LogP contribution in [0.4, 0.5) is 8.78 Å². The average molecular weight is 363 g/mol. The highest BCUT2D eigenvalue weighted by Crippen LogP contribution is 2.34. The Morgan fingerprint density at radius 3 is 2.77 bits per heavy atom. The van der Waals surface area contributed by atoms with Gasteiger partial charge in [0.15, 0.2) is 0 Å². The lowest BCUT2D eigenvalue weighted by Gasteiger charge is -2.46. The van der Waals surface area contributed by atoms with Gasteiger partial charge in [-0.2, -0.15) is 0 Å². The predicted molar refractivity (Wildman–Crippen MR) is 93.4 cm³/mol. The first-order chi connectivity index (χ1) is 12.5. The predicted octanol–water partition coefficient (Wildman–Crippen LogP) is 3.47. The van der Waals surface area contributed by atoms with Gasteiger partial charge >= 0.3 is 5.97 Å². The molecule has 4 rings (SSSR count). The fourth-order valence-electron chi connectivity index (χ4n) is 4.45. The molecule has 2 aromatic heterocycles. The summed E-state index contributed by atoms with van der Waals surface area (Å²) >= 11 is 0. The highest BCUT2D eigenvalue weighted by molar-refractivity contribution is 6.03. The van der Waals surface area contributed by atoms with Crippen molar-refractivity contribution in [3.63, 3.8) is 0 Å². The second-order valence-electron chi connectivity index (χ2n) is 7.36. The Labute approximate surface area is 150 Å². The number of aromatic nitrogens is 2. The Kier molecular flexibility index (Phi) is 4.65. The maximum atomic E-state index is 12.8. The van der Waals surface area contributed by atoms with Crippen LogP contribution in [0.3, 0.4) is 0 Å². The summed E-state index contributed by atoms with van der Waals surface area (Å²) < 4.78 is 32.8. The van der Waals surface area contributed by atoms with Crippen molar-refractivity contribution in [3.8, 4) is 0 Å². The Balaban J connectivity index is 1.55. The van der Waals surface area contributed by atoms with Crippen LogP contribution < -0.4 is 0 Å². The van der Waals surface area contributed by atoms with E-state index in [1.807, 2.05) is 0 Å². The molecule has 0 unspecified atom stereocenters. The number of hydrogen-bond donors (Lipinski definition) is 0. The van der Waals surface area contributed by atoms with E-state index in [-0.39, 0.29) is 6.10 Å². The maximum absolute atomic E-state index is 12.8. The van der Waals surface area contributed by atoms with Crippen LogP contribution in [-0.2, 0) is 11.3 Å². The number of carbonyl (C=O) groups excluding carboxylic acids is 1. The van der Waals surface area contributed by atoms with Crippen molar-refractivity contribution in [2.24, 2.45) is 0 Å². The summed E-state index contributed by atoms with van der Waals surface area (Å²) in [6, 6.07) is 4.35. The normalized spacial score (nSPS) is 26.4. The van der Waals surface area contributed by atoms with E-state index in [1.54, 1.807) is 12.1 Å². The van der Waals surface area contributed by atoms with E-state index in [2.05, 4.69) is 16.9 Å². The van der Waals surface area contributed by atoms with Gasteiger partial charge in [-0.15, -0.1) is 0 Å². The van der Waals surface area contributed by atoms with Crippen molar-refractivity contribution in [3.05, 3.63) is 30.1 Å². The molecule has 2 aliphatic heterocycles. The zero-order valence-corrected chi connectivity index (χ0v) is 14.8. The number of rotatable bonds is 4. The molecular formula is C19H23F2N3O2. The van der Waals surface area contributed by atoms with Crippen molar-refractivity contribution < 1.29 is 18.3 Å². The molecule has 4 heterocycles. The largest absolute Gasteiger partial charge is 0.459 e. The van der Waals surface area contributed by atoms with E-state index in [0.717, 1.165) is 25.7 Å². The summed E-state index contributed by atoms with van der Waals surface area (Å²) in [5.74, 6) is -0.441. The van der Waals surface area contributed by atoms with Gasteiger partial charge in [-0.1, -0.05) is 6.42 Å². The van der Waals surface area contributed by atoms with Crippen LogP contribution >= 0.6 is 0 Å². The number of piperidine rings is 2. The minimum absolute atomic E-state index is 0.112. The van der Waals surface area contributed by atoms with Crippen molar-refractivity contribution >= 4 is 17.0 Å². The zero-order valence-electron chi connectivity index (χ0n) is 14.8. The molecule has 0 aromatic carbocycles. The molecule has 26 heavy (non-hydrogen) atoms. The number of carbonyl (C=O) groups is 1. The van der Waals surface area contributed by atoms with Crippen LogP contribution in [0.1, 0.15) is 42.5 Å². The topological polar surface area (TPSA) is 47.4 Å². The summed E-state index contributed by atoms with van der Waals surface area (Å²) in [6.45, 7) is -0.487. The van der Waals surface area contributed by atoms with Crippen LogP contribution in [0, 0.1) is 0 Å². The first kappa shape index (κ1) is 17.4. The van der Waals surface area contributed by atoms with Crippen molar-refractivity contribution in [1.29, 1.82) is 0 Å². The van der Waals surface area contributed by atoms with Crippen molar-refractivity contribution in [2.45, 2.75) is 63.3 Å². The Morgan fingerprint density at radius 1 is 1.35 bits per heavy atom. The molecular weight excluding hydrogens is 340 g/mol. The van der Waals surface area contributed by atoms with E-state index >= 15 is 0 Å². The van der Waals surface area contributed by atoms with E-state index in [0.29, 0.717) is 28.7 Å². The number of fused-ring (bicyclic) bond motifs is 3. The van der Waals surface area contributed by atoms with E-state index in [9.17, 15) is 13.6 Å². The zero-order chi connectivity index (χ0) is 18.3. The second kappa shape index (κ2) is 6.95. The minimum Gasteiger partial charge on any atom is -0.459 e. The fourth-order valence-corrected chi connectivity index (χ4v) is 4.45. The first-order valence-corrected chi connectivity index (χ1v) is 9.18. The number of esters is 1. The summed E-state index contributed by atoms with van der Waals surface area (Å²) in [7, 11) is 2.15. The molecule has 0 saturated carbocycles. The number of ether oxygens (including phenoxy) is 1. The van der Waals surface area contributed by atoms with Gasteiger partial charge in [-0.25, -0.2) is 18.6 Å². The highest BCUT2D eigenvalue weighted by Gasteiger charge is 2.37. The summed E-state index contributed by atoms with van der Waals surface area (Å²) in [5.41, 5.74) is 0.706. The lowest BCUT2D eigenvalue weighted by Crippen LogP contribution is -2.52. The minimum atomic E-state index is -2.51. The van der Waals surface area contributed by atoms with Gasteiger partial charge in [0, 0.05) is 42.7 Å². The van der Waals surface area contributed by atoms with Gasteiger partial charge < -0.3 is 14.2 Å². The second-order valence-corrected chi connectivity index (χ2v) is 7.36. The monoisotopic (exact) mass is 363 g/mol. The number of halogens is 2. The maximum Gasteiger partial charge on any atom is 0.340 e.